The van der Waals surface area contributed by atoms with Gasteiger partial charge in [-0.25, -0.2) is 9.78 Å². The number of H-pyrrole nitrogens is 1. The highest BCUT2D eigenvalue weighted by Gasteiger charge is 2.24. The van der Waals surface area contributed by atoms with Crippen molar-refractivity contribution in [2.45, 2.75) is 18.8 Å². The van der Waals surface area contributed by atoms with Crippen molar-refractivity contribution >= 4 is 23.3 Å². The highest BCUT2D eigenvalue weighted by Crippen LogP contribution is 2.27. The van der Waals surface area contributed by atoms with Gasteiger partial charge in [-0.2, -0.15) is 5.10 Å². The molecule has 0 saturated carbocycles. The molecule has 2 N–H and O–H groups in total. The lowest BCUT2D eigenvalue weighted by Gasteiger charge is -2.31. The van der Waals surface area contributed by atoms with E-state index in [4.69, 9.17) is 16.3 Å². The lowest BCUT2D eigenvalue weighted by molar-refractivity contribution is 0.194. The summed E-state index contributed by atoms with van der Waals surface area (Å²) in [6.45, 7) is 1.44. The first-order valence-electron chi connectivity index (χ1n) is 9.12. The Labute approximate surface area is 167 Å². The van der Waals surface area contributed by atoms with Gasteiger partial charge in [-0.05, 0) is 49.2 Å². The number of aromatic amines is 1. The average molecular weight is 398 g/mol. The summed E-state index contributed by atoms with van der Waals surface area (Å²) < 4.78 is 5.66. The van der Waals surface area contributed by atoms with E-state index in [0.717, 1.165) is 37.3 Å². The van der Waals surface area contributed by atoms with Crippen molar-refractivity contribution < 1.29 is 9.53 Å². The van der Waals surface area contributed by atoms with Gasteiger partial charge >= 0.3 is 6.03 Å². The molecule has 7 nitrogen and oxygen atoms in total. The van der Waals surface area contributed by atoms with Gasteiger partial charge in [0.05, 0.1) is 5.02 Å². The molecule has 1 saturated heterocycles. The number of anilines is 1. The minimum absolute atomic E-state index is 0.0869. The van der Waals surface area contributed by atoms with Crippen LogP contribution >= 0.6 is 11.6 Å². The maximum absolute atomic E-state index is 12.5. The van der Waals surface area contributed by atoms with Crippen LogP contribution in [-0.2, 0) is 0 Å². The van der Waals surface area contributed by atoms with Crippen LogP contribution in [0, 0.1) is 0 Å². The number of pyridine rings is 1. The van der Waals surface area contributed by atoms with Gasteiger partial charge in [0.15, 0.2) is 0 Å². The van der Waals surface area contributed by atoms with Crippen LogP contribution in [0.5, 0.6) is 11.6 Å². The van der Waals surface area contributed by atoms with Gasteiger partial charge in [0.25, 0.3) is 0 Å². The molecule has 0 bridgehead atoms. The summed E-state index contributed by atoms with van der Waals surface area (Å²) in [4.78, 5) is 18.4. The number of hydrogen-bond acceptors (Lipinski definition) is 4. The number of halogens is 1. The molecule has 1 aromatic carbocycles. The minimum atomic E-state index is -0.0869. The van der Waals surface area contributed by atoms with Crippen LogP contribution in [0.15, 0.2) is 54.9 Å². The first-order chi connectivity index (χ1) is 13.7. The van der Waals surface area contributed by atoms with Crippen molar-refractivity contribution in [3.8, 4) is 11.6 Å². The standard InChI is InChI=1S/C20H20ClN5O2/c21-15-1-6-19(22-13-15)28-17-4-2-16(3-5-17)24-20(27)26-11-8-14(9-12-26)18-7-10-23-25-18/h1-7,10,13-14H,8-9,11-12H2,(H,23,25)(H,24,27). The SMILES string of the molecule is O=C(Nc1ccc(Oc2ccc(Cl)cn2)cc1)N1CCC(c2ccn[nH]2)CC1. The van der Waals surface area contributed by atoms with Crippen LogP contribution < -0.4 is 10.1 Å². The first kappa shape index (κ1) is 18.3. The second-order valence-electron chi connectivity index (χ2n) is 6.64. The molecule has 8 heteroatoms. The highest BCUT2D eigenvalue weighted by molar-refractivity contribution is 6.30. The molecule has 0 aliphatic carbocycles. The van der Waals surface area contributed by atoms with Gasteiger partial charge in [0.1, 0.15) is 5.75 Å². The van der Waals surface area contributed by atoms with E-state index in [-0.39, 0.29) is 6.03 Å². The summed E-state index contributed by atoms with van der Waals surface area (Å²) in [6, 6.07) is 12.5. The highest BCUT2D eigenvalue weighted by atomic mass is 35.5. The lowest BCUT2D eigenvalue weighted by Crippen LogP contribution is -2.40. The molecule has 2 aromatic heterocycles. The molecule has 28 heavy (non-hydrogen) atoms. The van der Waals surface area contributed by atoms with Crippen LogP contribution in [0.1, 0.15) is 24.5 Å². The quantitative estimate of drug-likeness (QED) is 0.670. The Morgan fingerprint density at radius 1 is 1.14 bits per heavy atom. The summed E-state index contributed by atoms with van der Waals surface area (Å²) in [6.07, 6.45) is 5.15. The third-order valence-corrected chi connectivity index (χ3v) is 5.00. The number of carbonyl (C=O) groups is 1. The second-order valence-corrected chi connectivity index (χ2v) is 7.08. The predicted molar refractivity (Wildman–Crippen MR) is 107 cm³/mol. The Morgan fingerprint density at radius 3 is 2.57 bits per heavy atom. The number of ether oxygens (including phenoxy) is 1. The molecule has 0 spiro atoms. The number of hydrogen-bond donors (Lipinski definition) is 2. The summed E-state index contributed by atoms with van der Waals surface area (Å²) >= 11 is 5.82. The third kappa shape index (κ3) is 4.43. The molecule has 1 fully saturated rings. The molecule has 0 radical (unpaired) electrons. The topological polar surface area (TPSA) is 83.1 Å². The van der Waals surface area contributed by atoms with Crippen LogP contribution in [0.4, 0.5) is 10.5 Å². The zero-order valence-electron chi connectivity index (χ0n) is 15.1. The number of amides is 2. The third-order valence-electron chi connectivity index (χ3n) is 4.77. The molecule has 3 heterocycles. The number of benzene rings is 1. The first-order valence-corrected chi connectivity index (χ1v) is 9.50. The monoisotopic (exact) mass is 397 g/mol. The fourth-order valence-electron chi connectivity index (χ4n) is 3.24. The van der Waals surface area contributed by atoms with Gasteiger partial charge < -0.3 is 15.0 Å². The van der Waals surface area contributed by atoms with Crippen molar-refractivity contribution in [2.24, 2.45) is 0 Å². The Bertz CT molecular complexity index is 905. The van der Waals surface area contributed by atoms with Crippen LogP contribution in [0.2, 0.25) is 5.02 Å². The predicted octanol–water partition coefficient (Wildman–Crippen LogP) is 4.66. The van der Waals surface area contributed by atoms with Crippen molar-refractivity contribution in [1.82, 2.24) is 20.1 Å². The molecular formula is C20H20ClN5O2. The molecule has 3 aromatic rings. The number of rotatable bonds is 4. The number of nitrogens with one attached hydrogen (secondary N) is 2. The van der Waals surface area contributed by atoms with E-state index in [1.54, 1.807) is 42.6 Å². The largest absolute Gasteiger partial charge is 0.439 e. The van der Waals surface area contributed by atoms with E-state index in [1.165, 1.54) is 6.20 Å². The number of carbonyl (C=O) groups excluding carboxylic acids is 1. The van der Waals surface area contributed by atoms with Crippen LogP contribution in [-0.4, -0.2) is 39.2 Å². The lowest BCUT2D eigenvalue weighted by atomic mass is 9.94. The Kier molecular flexibility index (Phi) is 5.43. The summed E-state index contributed by atoms with van der Waals surface area (Å²) in [5.41, 5.74) is 1.86. The Hall–Kier alpha value is -3.06. The van der Waals surface area contributed by atoms with Gasteiger partial charge in [0.2, 0.25) is 5.88 Å². The average Bonchev–Trinajstić information content (AvgIpc) is 3.26. The van der Waals surface area contributed by atoms with Crippen LogP contribution in [0.25, 0.3) is 0 Å². The molecule has 1 aliphatic rings. The maximum Gasteiger partial charge on any atom is 0.321 e. The molecule has 4 rings (SSSR count). The van der Waals surface area contributed by atoms with Crippen molar-refractivity contribution in [2.75, 3.05) is 18.4 Å². The van der Waals surface area contributed by atoms with E-state index in [2.05, 4.69) is 20.5 Å². The Balaban J connectivity index is 1.29. The molecule has 144 valence electrons. The smallest absolute Gasteiger partial charge is 0.321 e. The zero-order chi connectivity index (χ0) is 19.3. The van der Waals surface area contributed by atoms with Crippen molar-refractivity contribution in [3.05, 3.63) is 65.6 Å². The van der Waals surface area contributed by atoms with E-state index < -0.39 is 0 Å². The normalized spacial score (nSPS) is 14.7. The van der Waals surface area contributed by atoms with Crippen molar-refractivity contribution in [3.63, 3.8) is 0 Å². The minimum Gasteiger partial charge on any atom is -0.439 e. The van der Waals surface area contributed by atoms with E-state index in [0.29, 0.717) is 22.6 Å². The molecule has 0 atom stereocenters. The maximum atomic E-state index is 12.5. The molecule has 1 aliphatic heterocycles. The molecule has 0 unspecified atom stereocenters. The van der Waals surface area contributed by atoms with E-state index in [9.17, 15) is 4.79 Å². The second kappa shape index (κ2) is 8.31. The van der Waals surface area contributed by atoms with Crippen molar-refractivity contribution in [1.29, 1.82) is 0 Å². The van der Waals surface area contributed by atoms with Gasteiger partial charge in [-0.1, -0.05) is 11.6 Å². The molecular weight excluding hydrogens is 378 g/mol. The fourth-order valence-corrected chi connectivity index (χ4v) is 3.35. The van der Waals surface area contributed by atoms with E-state index >= 15 is 0 Å². The summed E-state index contributed by atoms with van der Waals surface area (Å²) in [5, 5.41) is 10.5. The van der Waals surface area contributed by atoms with Gasteiger partial charge in [-0.15, -0.1) is 0 Å². The van der Waals surface area contributed by atoms with Crippen LogP contribution in [0.3, 0.4) is 0 Å². The number of aromatic nitrogens is 3. The number of likely N-dealkylation sites (tertiary alicyclic amines) is 1. The van der Waals surface area contributed by atoms with E-state index in [1.807, 2.05) is 11.0 Å². The summed E-state index contributed by atoms with van der Waals surface area (Å²) in [5.74, 6) is 1.53. The number of nitrogens with zero attached hydrogens (tertiary/aromatic N) is 3. The Morgan fingerprint density at radius 2 is 1.93 bits per heavy atom. The number of piperidine rings is 1. The fraction of sp³-hybridized carbons (Fsp3) is 0.250. The van der Waals surface area contributed by atoms with Gasteiger partial charge in [0, 0.05) is 48.8 Å². The molecule has 2 amide bonds. The van der Waals surface area contributed by atoms with Gasteiger partial charge in [-0.3, -0.25) is 5.10 Å². The summed E-state index contributed by atoms with van der Waals surface area (Å²) in [7, 11) is 0. The number of urea groups is 1. The zero-order valence-corrected chi connectivity index (χ0v) is 15.9.